The molecule has 4 aliphatic rings. The van der Waals surface area contributed by atoms with Gasteiger partial charge in [0.05, 0.1) is 30.1 Å². The van der Waals surface area contributed by atoms with Crippen LogP contribution in [0.3, 0.4) is 0 Å². The Morgan fingerprint density at radius 3 is 2.45 bits per heavy atom. The fraction of sp³-hybridized carbons (Fsp3) is 0.357. The quantitative estimate of drug-likeness (QED) is 0.143. The molecule has 3 N–H and O–H groups in total. The Bertz CT molecular complexity index is 1590. The molecular formula is C28H24BBrCl2N2O8. The number of fused-ring (bicyclic) bond motifs is 4. The van der Waals surface area contributed by atoms with Crippen molar-refractivity contribution in [2.45, 2.75) is 28.5 Å². The van der Waals surface area contributed by atoms with E-state index in [1.54, 1.807) is 12.1 Å². The number of alkyl halides is 3. The number of benzene rings is 2. The lowest BCUT2D eigenvalue weighted by Crippen LogP contribution is -2.60. The van der Waals surface area contributed by atoms with Gasteiger partial charge >= 0.3 is 7.12 Å². The number of halogens is 3. The van der Waals surface area contributed by atoms with Crippen LogP contribution in [0.4, 0.5) is 5.69 Å². The van der Waals surface area contributed by atoms with Crippen LogP contribution >= 0.6 is 39.1 Å². The first-order valence-corrected chi connectivity index (χ1v) is 15.0. The van der Waals surface area contributed by atoms with Gasteiger partial charge in [0.25, 0.3) is 11.8 Å². The van der Waals surface area contributed by atoms with E-state index in [1.165, 1.54) is 43.5 Å². The molecule has 6 rings (SSSR count). The van der Waals surface area contributed by atoms with Crippen LogP contribution in [-0.2, 0) is 19.2 Å². The summed E-state index contributed by atoms with van der Waals surface area (Å²) in [6.45, 7) is 0. The average Bonchev–Trinajstić information content (AvgIpc) is 3.31. The summed E-state index contributed by atoms with van der Waals surface area (Å²) < 4.78 is 5.55. The number of nitrogens with zero attached hydrogens (tertiary/aromatic N) is 2. The Labute approximate surface area is 259 Å². The topological polar surface area (TPSA) is 145 Å². The first-order chi connectivity index (χ1) is 19.9. The van der Waals surface area contributed by atoms with E-state index in [9.17, 15) is 34.3 Å². The number of methoxy groups -OCH3 is 1. The van der Waals surface area contributed by atoms with Crippen molar-refractivity contribution in [3.05, 3.63) is 59.7 Å². The van der Waals surface area contributed by atoms with Gasteiger partial charge in [-0.25, -0.2) is 0 Å². The van der Waals surface area contributed by atoms with Crippen molar-refractivity contribution >= 4 is 81.0 Å². The molecule has 10 nitrogen and oxygen atoms in total. The molecular weight excluding hydrogens is 654 g/mol. The molecule has 218 valence electrons. The lowest BCUT2D eigenvalue weighted by molar-refractivity contribution is -0.138. The van der Waals surface area contributed by atoms with Gasteiger partial charge < -0.3 is 19.9 Å². The molecule has 2 aromatic carbocycles. The minimum Gasteiger partial charge on any atom is -0.508 e. The highest BCUT2D eigenvalue weighted by Crippen LogP contribution is 2.66. The zero-order valence-corrected chi connectivity index (χ0v) is 25.1. The molecule has 3 fully saturated rings. The van der Waals surface area contributed by atoms with Crippen molar-refractivity contribution in [2.24, 2.45) is 17.8 Å². The number of carbonyl (C=O) groups is 4. The maximum absolute atomic E-state index is 14.1. The Morgan fingerprint density at radius 2 is 1.79 bits per heavy atom. The second-order valence-electron chi connectivity index (χ2n) is 10.9. The fourth-order valence-corrected chi connectivity index (χ4v) is 8.53. The number of allylic oxidation sites excluding steroid dienone is 2. The van der Waals surface area contributed by atoms with Gasteiger partial charge in [-0.3, -0.25) is 29.0 Å². The van der Waals surface area contributed by atoms with Gasteiger partial charge in [-0.05, 0) is 42.4 Å². The fourth-order valence-electron chi connectivity index (χ4n) is 7.12. The molecule has 6 atom stereocenters. The number of rotatable bonds is 5. The van der Waals surface area contributed by atoms with Crippen LogP contribution in [0.25, 0.3) is 0 Å². The van der Waals surface area contributed by atoms with Crippen molar-refractivity contribution < 1.29 is 39.1 Å². The Kier molecular flexibility index (Phi) is 7.01. The van der Waals surface area contributed by atoms with Crippen molar-refractivity contribution in [1.29, 1.82) is 0 Å². The number of anilines is 1. The molecule has 0 bridgehead atoms. The van der Waals surface area contributed by atoms with Gasteiger partial charge in [-0.15, -0.1) is 23.2 Å². The monoisotopic (exact) mass is 676 g/mol. The van der Waals surface area contributed by atoms with E-state index in [-0.39, 0.29) is 40.9 Å². The number of phenolic OH excluding ortho intramolecular Hbond substituents is 1. The number of amides is 4. The maximum atomic E-state index is 14.1. The van der Waals surface area contributed by atoms with E-state index in [0.29, 0.717) is 11.1 Å². The smallest absolute Gasteiger partial charge is 0.488 e. The van der Waals surface area contributed by atoms with Crippen LogP contribution in [-0.4, -0.2) is 73.1 Å². The SMILES string of the molecule is COc1cc(O)ccc1C1C2=CCC3C(=O)N(c4cccc(B(O)O)c4)C(=O)C3C2CC2(Cl)C(=O)N(CBr)C(=O)C12Cl. The molecule has 0 spiro atoms. The Balaban J connectivity index is 1.52. The normalized spacial score (nSPS) is 32.0. The van der Waals surface area contributed by atoms with E-state index in [1.807, 2.05) is 0 Å². The molecule has 42 heavy (non-hydrogen) atoms. The van der Waals surface area contributed by atoms with Crippen molar-refractivity contribution in [2.75, 3.05) is 17.5 Å². The molecule has 4 amide bonds. The molecule has 2 aliphatic heterocycles. The van der Waals surface area contributed by atoms with Crippen LogP contribution in [0.5, 0.6) is 11.5 Å². The number of hydrogen-bond donors (Lipinski definition) is 3. The highest BCUT2D eigenvalue weighted by molar-refractivity contribution is 9.09. The van der Waals surface area contributed by atoms with Gasteiger partial charge in [0.2, 0.25) is 11.8 Å². The second kappa shape index (κ2) is 10.1. The van der Waals surface area contributed by atoms with Crippen molar-refractivity contribution in [3.8, 4) is 11.5 Å². The molecule has 2 heterocycles. The van der Waals surface area contributed by atoms with E-state index >= 15 is 0 Å². The summed E-state index contributed by atoms with van der Waals surface area (Å²) in [5, 5.41) is 29.4. The van der Waals surface area contributed by atoms with E-state index in [0.717, 1.165) is 9.80 Å². The maximum Gasteiger partial charge on any atom is 0.488 e. The number of hydrogen-bond acceptors (Lipinski definition) is 8. The van der Waals surface area contributed by atoms with Crippen LogP contribution < -0.4 is 15.1 Å². The summed E-state index contributed by atoms with van der Waals surface area (Å²) in [7, 11) is -0.413. The van der Waals surface area contributed by atoms with E-state index in [2.05, 4.69) is 15.9 Å². The predicted molar refractivity (Wildman–Crippen MR) is 157 cm³/mol. The van der Waals surface area contributed by atoms with E-state index < -0.39 is 64.2 Å². The molecule has 6 unspecified atom stereocenters. The van der Waals surface area contributed by atoms with Crippen LogP contribution in [0, 0.1) is 17.8 Å². The first kappa shape index (κ1) is 29.2. The molecule has 2 aliphatic carbocycles. The third-order valence-corrected chi connectivity index (χ3v) is 10.9. The zero-order valence-electron chi connectivity index (χ0n) is 22.0. The van der Waals surface area contributed by atoms with Gasteiger partial charge in [0, 0.05) is 17.5 Å². The third-order valence-electron chi connectivity index (χ3n) is 8.97. The lowest BCUT2D eigenvalue weighted by atomic mass is 9.56. The third kappa shape index (κ3) is 3.78. The zero-order chi connectivity index (χ0) is 30.3. The molecule has 14 heteroatoms. The van der Waals surface area contributed by atoms with Gasteiger partial charge in [0.15, 0.2) is 9.75 Å². The minimum absolute atomic E-state index is 0.0975. The summed E-state index contributed by atoms with van der Waals surface area (Å²) >= 11 is 17.6. The Morgan fingerprint density at radius 1 is 1.05 bits per heavy atom. The summed E-state index contributed by atoms with van der Waals surface area (Å²) in [5.41, 5.74) is 1.10. The highest BCUT2D eigenvalue weighted by Gasteiger charge is 2.76. The number of imide groups is 2. The molecule has 0 radical (unpaired) electrons. The largest absolute Gasteiger partial charge is 0.508 e. The summed E-state index contributed by atoms with van der Waals surface area (Å²) in [4.78, 5) is 53.4. The van der Waals surface area contributed by atoms with Gasteiger partial charge in [-0.1, -0.05) is 45.8 Å². The second-order valence-corrected chi connectivity index (χ2v) is 12.6. The summed E-state index contributed by atoms with van der Waals surface area (Å²) in [5.74, 6) is -5.82. The van der Waals surface area contributed by atoms with Crippen LogP contribution in [0.1, 0.15) is 24.3 Å². The standard InChI is InChI=1S/C28H24BBrCl2N2O8/c1-42-20-10-15(35)5-6-17(20)22-16-7-8-18-21(19(16)11-27(31)25(38)33(12-30)26(39)28(22,27)32)24(37)34(23(18)36)14-4-2-3-13(9-14)29(40)41/h2-7,9-10,18-19,21-22,35,40-41H,8,11-12H2,1H3. The van der Waals surface area contributed by atoms with Crippen molar-refractivity contribution in [1.82, 2.24) is 4.90 Å². The van der Waals surface area contributed by atoms with Crippen LogP contribution in [0.15, 0.2) is 54.1 Å². The van der Waals surface area contributed by atoms with Gasteiger partial charge in [0.1, 0.15) is 11.5 Å². The number of phenols is 1. The summed E-state index contributed by atoms with van der Waals surface area (Å²) in [6.07, 6.45) is 1.77. The molecule has 2 saturated heterocycles. The molecule has 0 aromatic heterocycles. The highest BCUT2D eigenvalue weighted by atomic mass is 79.9. The van der Waals surface area contributed by atoms with E-state index in [4.69, 9.17) is 27.9 Å². The van der Waals surface area contributed by atoms with Crippen molar-refractivity contribution in [3.63, 3.8) is 0 Å². The molecule has 2 aromatic rings. The first-order valence-electron chi connectivity index (χ1n) is 13.1. The summed E-state index contributed by atoms with van der Waals surface area (Å²) in [6, 6.07) is 10.2. The molecule has 1 saturated carbocycles. The average molecular weight is 678 g/mol. The number of ether oxygens (including phenoxy) is 1. The Hall–Kier alpha value is -2.90. The number of carbonyl (C=O) groups excluding carboxylic acids is 4. The van der Waals surface area contributed by atoms with Crippen LogP contribution in [0.2, 0.25) is 0 Å². The minimum atomic E-state index is -2.00. The number of likely N-dealkylation sites (tertiary alicyclic amines) is 1. The van der Waals surface area contributed by atoms with Gasteiger partial charge in [-0.2, -0.15) is 0 Å². The lowest BCUT2D eigenvalue weighted by Gasteiger charge is -2.50. The number of aromatic hydroxyl groups is 1. The predicted octanol–water partition coefficient (Wildman–Crippen LogP) is 2.00.